The molecular formula is C24H23N3O4S2. The normalized spacial score (nSPS) is 14.2. The lowest BCUT2D eigenvalue weighted by Gasteiger charge is -2.31. The molecule has 2 N–H and O–H groups in total. The molecule has 0 radical (unpaired) electrons. The quantitative estimate of drug-likeness (QED) is 0.468. The fourth-order valence-electron chi connectivity index (χ4n) is 3.91. The number of methoxy groups -OCH3 is 2. The van der Waals surface area contributed by atoms with Crippen molar-refractivity contribution in [1.82, 2.24) is 10.3 Å². The number of thiophene rings is 1. The van der Waals surface area contributed by atoms with Crippen LogP contribution in [0, 0.1) is 0 Å². The molecular weight excluding hydrogens is 458 g/mol. The third-order valence-corrected chi connectivity index (χ3v) is 7.01. The molecule has 3 aromatic rings. The Morgan fingerprint density at radius 3 is 2.24 bits per heavy atom. The monoisotopic (exact) mass is 481 g/mol. The smallest absolute Gasteiger partial charge is 0.336 e. The van der Waals surface area contributed by atoms with Crippen LogP contribution < -0.4 is 10.6 Å². The Bertz CT molecular complexity index is 1220. The molecule has 2 aromatic heterocycles. The van der Waals surface area contributed by atoms with Crippen LogP contribution in [0.15, 0.2) is 69.7 Å². The number of dihydropyridines is 1. The van der Waals surface area contributed by atoms with Gasteiger partial charge in [0.2, 0.25) is 0 Å². The van der Waals surface area contributed by atoms with E-state index in [1.807, 2.05) is 47.2 Å². The largest absolute Gasteiger partial charge is 0.466 e. The highest BCUT2D eigenvalue weighted by Gasteiger charge is 2.38. The Balaban J connectivity index is 1.80. The number of esters is 2. The molecule has 0 atom stereocenters. The molecule has 33 heavy (non-hydrogen) atoms. The molecule has 0 unspecified atom stereocenters. The van der Waals surface area contributed by atoms with Crippen LogP contribution in [-0.4, -0.2) is 31.1 Å². The second-order valence-electron chi connectivity index (χ2n) is 7.35. The number of aromatic nitrogens is 1. The molecule has 1 aliphatic rings. The number of hydrogen-bond acceptors (Lipinski definition) is 9. The van der Waals surface area contributed by atoms with Crippen LogP contribution in [0.3, 0.4) is 0 Å². The molecule has 3 heterocycles. The summed E-state index contributed by atoms with van der Waals surface area (Å²) in [6.07, 6.45) is 0. The van der Waals surface area contributed by atoms with E-state index in [2.05, 4.69) is 10.6 Å². The topological polar surface area (TPSA) is 89.5 Å². The minimum absolute atomic E-state index is 0.358. The molecule has 9 heteroatoms. The lowest BCUT2D eigenvalue weighted by Crippen LogP contribution is -2.32. The van der Waals surface area contributed by atoms with Gasteiger partial charge in [-0.15, -0.1) is 22.7 Å². The number of rotatable bonds is 6. The summed E-state index contributed by atoms with van der Waals surface area (Å²) in [6.45, 7) is 3.59. The highest BCUT2D eigenvalue weighted by Crippen LogP contribution is 2.43. The first-order valence-corrected chi connectivity index (χ1v) is 11.9. The molecule has 170 valence electrons. The van der Waals surface area contributed by atoms with Gasteiger partial charge in [-0.05, 0) is 36.9 Å². The minimum atomic E-state index is -0.674. The Labute approximate surface area is 199 Å². The van der Waals surface area contributed by atoms with Crippen LogP contribution >= 0.6 is 22.7 Å². The summed E-state index contributed by atoms with van der Waals surface area (Å²) in [5, 5.41) is 11.2. The summed E-state index contributed by atoms with van der Waals surface area (Å²) in [6, 6.07) is 11.6. The number of thiazole rings is 1. The van der Waals surface area contributed by atoms with E-state index in [1.165, 1.54) is 25.6 Å². The Hall–Kier alpha value is -3.43. The van der Waals surface area contributed by atoms with Gasteiger partial charge in [0.1, 0.15) is 0 Å². The van der Waals surface area contributed by atoms with Crippen molar-refractivity contribution in [2.45, 2.75) is 19.8 Å². The van der Waals surface area contributed by atoms with Crippen molar-refractivity contribution in [1.29, 1.82) is 0 Å². The molecule has 1 aromatic carbocycles. The number of nitrogens with one attached hydrogen (secondary N) is 2. The van der Waals surface area contributed by atoms with Crippen molar-refractivity contribution in [3.05, 3.63) is 75.3 Å². The van der Waals surface area contributed by atoms with Crippen molar-refractivity contribution in [3.8, 4) is 10.6 Å². The third-order valence-electron chi connectivity index (χ3n) is 5.36. The van der Waals surface area contributed by atoms with E-state index in [0.717, 1.165) is 21.8 Å². The van der Waals surface area contributed by atoms with Crippen molar-refractivity contribution in [2.24, 2.45) is 0 Å². The number of anilines is 2. The van der Waals surface area contributed by atoms with Crippen LogP contribution in [0.5, 0.6) is 0 Å². The first kappa shape index (κ1) is 22.8. The average Bonchev–Trinajstić information content (AvgIpc) is 3.50. The fourth-order valence-corrected chi connectivity index (χ4v) is 5.40. The molecule has 0 fully saturated rings. The zero-order valence-electron chi connectivity index (χ0n) is 18.6. The highest BCUT2D eigenvalue weighted by atomic mass is 32.1. The van der Waals surface area contributed by atoms with E-state index in [9.17, 15) is 9.59 Å². The van der Waals surface area contributed by atoms with E-state index in [-0.39, 0.29) is 0 Å². The Kier molecular flexibility index (Phi) is 6.62. The standard InChI is InChI=1S/C24H23N3O4S2/c1-13-19(22(28)30-3)21(20(14(2)25-13)23(29)31-4)15-8-5-6-9-16(15)26-24-27-17(12-33-24)18-10-7-11-32-18/h5-12,21,25H,1-4H3,(H,26,27). The van der Waals surface area contributed by atoms with Crippen LogP contribution in [0.4, 0.5) is 10.8 Å². The first-order valence-electron chi connectivity index (χ1n) is 10.1. The van der Waals surface area contributed by atoms with Gasteiger partial charge in [-0.25, -0.2) is 14.6 Å². The molecule has 0 saturated heterocycles. The van der Waals surface area contributed by atoms with Gasteiger partial charge in [-0.2, -0.15) is 0 Å². The van der Waals surface area contributed by atoms with Gasteiger partial charge in [0.05, 0.1) is 41.9 Å². The fraction of sp³-hybridized carbons (Fsp3) is 0.208. The average molecular weight is 482 g/mol. The van der Waals surface area contributed by atoms with Crippen molar-refractivity contribution < 1.29 is 19.1 Å². The van der Waals surface area contributed by atoms with Crippen molar-refractivity contribution in [2.75, 3.05) is 19.5 Å². The second kappa shape index (κ2) is 9.60. The number of carbonyl (C=O) groups is 2. The van der Waals surface area contributed by atoms with Crippen LogP contribution in [0.1, 0.15) is 25.3 Å². The second-order valence-corrected chi connectivity index (χ2v) is 9.15. The van der Waals surface area contributed by atoms with Crippen molar-refractivity contribution >= 4 is 45.4 Å². The zero-order valence-corrected chi connectivity index (χ0v) is 20.2. The number of ether oxygens (including phenoxy) is 2. The zero-order chi connectivity index (χ0) is 23.5. The van der Waals surface area contributed by atoms with E-state index < -0.39 is 17.9 Å². The number of benzene rings is 1. The highest BCUT2D eigenvalue weighted by molar-refractivity contribution is 7.16. The number of nitrogens with zero attached hydrogens (tertiary/aromatic N) is 1. The third kappa shape index (κ3) is 4.42. The van der Waals surface area contributed by atoms with Gasteiger partial charge in [0.25, 0.3) is 0 Å². The molecule has 0 spiro atoms. The maximum absolute atomic E-state index is 12.8. The molecule has 1 aliphatic heterocycles. The number of carbonyl (C=O) groups excluding carboxylic acids is 2. The van der Waals surface area contributed by atoms with Crippen LogP contribution in [0.2, 0.25) is 0 Å². The summed E-state index contributed by atoms with van der Waals surface area (Å²) in [4.78, 5) is 31.4. The predicted molar refractivity (Wildman–Crippen MR) is 130 cm³/mol. The van der Waals surface area contributed by atoms with Crippen LogP contribution in [0.25, 0.3) is 10.6 Å². The summed E-state index contributed by atoms with van der Waals surface area (Å²) < 4.78 is 10.1. The number of para-hydroxylation sites is 1. The van der Waals surface area contributed by atoms with Crippen molar-refractivity contribution in [3.63, 3.8) is 0 Å². The molecule has 0 bridgehead atoms. The summed E-state index contributed by atoms with van der Waals surface area (Å²) in [5.41, 5.74) is 4.34. The van der Waals surface area contributed by atoms with Gasteiger partial charge >= 0.3 is 11.9 Å². The van der Waals surface area contributed by atoms with Gasteiger partial charge in [-0.1, -0.05) is 24.3 Å². The number of hydrogen-bond donors (Lipinski definition) is 2. The van der Waals surface area contributed by atoms with E-state index in [1.54, 1.807) is 25.2 Å². The van der Waals surface area contributed by atoms with E-state index in [0.29, 0.717) is 27.7 Å². The van der Waals surface area contributed by atoms with Gasteiger partial charge in [0, 0.05) is 22.5 Å². The lowest BCUT2D eigenvalue weighted by molar-refractivity contribution is -0.137. The first-order chi connectivity index (χ1) is 15.9. The molecule has 7 nitrogen and oxygen atoms in total. The maximum atomic E-state index is 12.8. The Morgan fingerprint density at radius 2 is 1.64 bits per heavy atom. The van der Waals surface area contributed by atoms with Gasteiger partial charge < -0.3 is 20.1 Å². The predicted octanol–water partition coefficient (Wildman–Crippen LogP) is 5.20. The molecule has 4 rings (SSSR count). The lowest BCUT2D eigenvalue weighted by atomic mass is 9.79. The maximum Gasteiger partial charge on any atom is 0.336 e. The molecule has 0 amide bonds. The van der Waals surface area contributed by atoms with Crippen LogP contribution in [-0.2, 0) is 19.1 Å². The minimum Gasteiger partial charge on any atom is -0.466 e. The Morgan fingerprint density at radius 1 is 0.970 bits per heavy atom. The number of allylic oxidation sites excluding steroid dienone is 2. The summed E-state index contributed by atoms with van der Waals surface area (Å²) in [5.74, 6) is -1.70. The van der Waals surface area contributed by atoms with Gasteiger partial charge in [0.15, 0.2) is 5.13 Å². The molecule has 0 aliphatic carbocycles. The molecule has 0 saturated carbocycles. The van der Waals surface area contributed by atoms with E-state index >= 15 is 0 Å². The van der Waals surface area contributed by atoms with E-state index in [4.69, 9.17) is 14.5 Å². The van der Waals surface area contributed by atoms with Gasteiger partial charge in [-0.3, -0.25) is 0 Å². The summed E-state index contributed by atoms with van der Waals surface area (Å²) in [7, 11) is 2.66. The summed E-state index contributed by atoms with van der Waals surface area (Å²) >= 11 is 3.12. The SMILES string of the molecule is COC(=O)C1=C(C)NC(C)=C(C(=O)OC)C1c1ccccc1Nc1nc(-c2cccs2)cs1.